The molecule has 108 valence electrons. The van der Waals surface area contributed by atoms with Crippen LogP contribution < -0.4 is 0 Å². The van der Waals surface area contributed by atoms with Crippen molar-refractivity contribution >= 4 is 17.6 Å². The first kappa shape index (κ1) is 17.7. The summed E-state index contributed by atoms with van der Waals surface area (Å²) in [6, 6.07) is 0. The van der Waals surface area contributed by atoms with Crippen LogP contribution in [0.2, 0.25) is 0 Å². The summed E-state index contributed by atoms with van der Waals surface area (Å²) in [5.74, 6) is -1.23. The third-order valence-electron chi connectivity index (χ3n) is 3.18. The van der Waals surface area contributed by atoms with Crippen molar-refractivity contribution in [2.75, 3.05) is 0 Å². The summed E-state index contributed by atoms with van der Waals surface area (Å²) in [7, 11) is 0. The van der Waals surface area contributed by atoms with Crippen molar-refractivity contribution < 1.29 is 15.0 Å². The van der Waals surface area contributed by atoms with Gasteiger partial charge < -0.3 is 10.2 Å². The molecular formula is C14H27ClO3. The molecule has 0 fully saturated rings. The molecule has 3 nitrogen and oxygen atoms in total. The van der Waals surface area contributed by atoms with Gasteiger partial charge >= 0.3 is 5.97 Å². The molecule has 2 unspecified atom stereocenters. The Kier molecular flexibility index (Phi) is 11.6. The largest absolute Gasteiger partial charge is 0.479 e. The van der Waals surface area contributed by atoms with E-state index < -0.39 is 17.5 Å². The lowest BCUT2D eigenvalue weighted by Gasteiger charge is -2.12. The number of aliphatic hydroxyl groups is 1. The topological polar surface area (TPSA) is 57.5 Å². The summed E-state index contributed by atoms with van der Waals surface area (Å²) < 4.78 is 0. The average Bonchev–Trinajstić information content (AvgIpc) is 2.35. The predicted octanol–water partition coefficient (Wildman–Crippen LogP) is 3.96. The Morgan fingerprint density at radius 1 is 1.00 bits per heavy atom. The number of aliphatic hydroxyl groups excluding tert-OH is 1. The van der Waals surface area contributed by atoms with Crippen LogP contribution in [0.25, 0.3) is 0 Å². The van der Waals surface area contributed by atoms with Gasteiger partial charge in [-0.05, 0) is 6.42 Å². The maximum atomic E-state index is 10.5. The second-order valence-electron chi connectivity index (χ2n) is 4.92. The molecule has 0 aromatic heterocycles. The Balaban J connectivity index is 3.27. The van der Waals surface area contributed by atoms with E-state index in [2.05, 4.69) is 6.92 Å². The lowest BCUT2D eigenvalue weighted by atomic mass is 10.0. The molecule has 2 atom stereocenters. The molecule has 0 spiro atoms. The van der Waals surface area contributed by atoms with E-state index in [1.54, 1.807) is 0 Å². The number of rotatable bonds is 12. The number of alkyl halides is 1. The van der Waals surface area contributed by atoms with Crippen molar-refractivity contribution in [1.82, 2.24) is 0 Å². The van der Waals surface area contributed by atoms with Gasteiger partial charge in [-0.25, -0.2) is 4.79 Å². The van der Waals surface area contributed by atoms with E-state index in [0.29, 0.717) is 6.42 Å². The minimum absolute atomic E-state index is 0.574. The van der Waals surface area contributed by atoms with Gasteiger partial charge in [-0.1, -0.05) is 64.7 Å². The zero-order chi connectivity index (χ0) is 13.8. The summed E-state index contributed by atoms with van der Waals surface area (Å²) in [6.45, 7) is 2.22. The third-order valence-corrected chi connectivity index (χ3v) is 3.64. The highest BCUT2D eigenvalue weighted by Crippen LogP contribution is 2.15. The molecule has 4 heteroatoms. The van der Waals surface area contributed by atoms with Crippen LogP contribution in [0.4, 0.5) is 0 Å². The SMILES string of the molecule is CCCCCCCCCCCC(Cl)C(O)C(=O)O. The average molecular weight is 279 g/mol. The number of hydrogen-bond acceptors (Lipinski definition) is 2. The molecule has 0 aliphatic rings. The Morgan fingerprint density at radius 3 is 1.89 bits per heavy atom. The van der Waals surface area contributed by atoms with E-state index in [0.717, 1.165) is 12.8 Å². The highest BCUT2D eigenvalue weighted by Gasteiger charge is 2.22. The molecule has 0 saturated carbocycles. The fourth-order valence-electron chi connectivity index (χ4n) is 1.96. The Bertz CT molecular complexity index is 209. The molecule has 0 rings (SSSR count). The summed E-state index contributed by atoms with van der Waals surface area (Å²) in [5.41, 5.74) is 0. The minimum Gasteiger partial charge on any atom is -0.479 e. The lowest BCUT2D eigenvalue weighted by molar-refractivity contribution is -0.146. The van der Waals surface area contributed by atoms with Gasteiger partial charge in [0.2, 0.25) is 0 Å². The van der Waals surface area contributed by atoms with Crippen LogP contribution in [0, 0.1) is 0 Å². The van der Waals surface area contributed by atoms with Crippen LogP contribution in [0.5, 0.6) is 0 Å². The fraction of sp³-hybridized carbons (Fsp3) is 0.929. The number of carboxylic acids is 1. The molecule has 2 N–H and O–H groups in total. The van der Waals surface area contributed by atoms with Crippen LogP contribution in [0.15, 0.2) is 0 Å². The maximum absolute atomic E-state index is 10.5. The first-order valence-corrected chi connectivity index (χ1v) is 7.58. The van der Waals surface area contributed by atoms with E-state index >= 15 is 0 Å². The molecule has 0 saturated heterocycles. The van der Waals surface area contributed by atoms with Gasteiger partial charge in [0.1, 0.15) is 0 Å². The van der Waals surface area contributed by atoms with Crippen LogP contribution >= 0.6 is 11.6 Å². The summed E-state index contributed by atoms with van der Waals surface area (Å²) in [4.78, 5) is 10.5. The van der Waals surface area contributed by atoms with Gasteiger partial charge in [0.15, 0.2) is 6.10 Å². The highest BCUT2D eigenvalue weighted by atomic mass is 35.5. The van der Waals surface area contributed by atoms with E-state index in [-0.39, 0.29) is 0 Å². The zero-order valence-electron chi connectivity index (χ0n) is 11.4. The van der Waals surface area contributed by atoms with E-state index in [1.165, 1.54) is 44.9 Å². The first-order valence-electron chi connectivity index (χ1n) is 7.14. The number of aliphatic carboxylic acids is 1. The van der Waals surface area contributed by atoms with Crippen LogP contribution in [0.1, 0.15) is 71.1 Å². The minimum atomic E-state index is -1.43. The van der Waals surface area contributed by atoms with Gasteiger partial charge in [0, 0.05) is 0 Å². The van der Waals surface area contributed by atoms with Crippen LogP contribution in [-0.4, -0.2) is 27.7 Å². The van der Waals surface area contributed by atoms with Crippen LogP contribution in [-0.2, 0) is 4.79 Å². The van der Waals surface area contributed by atoms with Crippen molar-refractivity contribution in [3.05, 3.63) is 0 Å². The van der Waals surface area contributed by atoms with Crippen molar-refractivity contribution in [2.45, 2.75) is 82.6 Å². The molecule has 0 heterocycles. The maximum Gasteiger partial charge on any atom is 0.334 e. The molecule has 0 aliphatic heterocycles. The number of carboxylic acid groups (broad SMARTS) is 1. The number of halogens is 1. The number of carbonyl (C=O) groups is 1. The smallest absolute Gasteiger partial charge is 0.334 e. The van der Waals surface area contributed by atoms with E-state index in [1.807, 2.05) is 0 Å². The predicted molar refractivity (Wildman–Crippen MR) is 75.1 cm³/mol. The Labute approximate surface area is 116 Å². The monoisotopic (exact) mass is 278 g/mol. The van der Waals surface area contributed by atoms with Gasteiger partial charge in [-0.2, -0.15) is 0 Å². The second kappa shape index (κ2) is 11.8. The number of hydrogen-bond donors (Lipinski definition) is 2. The van der Waals surface area contributed by atoms with Crippen molar-refractivity contribution in [3.63, 3.8) is 0 Å². The van der Waals surface area contributed by atoms with Gasteiger partial charge in [-0.15, -0.1) is 11.6 Å². The second-order valence-corrected chi connectivity index (χ2v) is 5.48. The molecular weight excluding hydrogens is 252 g/mol. The molecule has 0 amide bonds. The molecule has 0 radical (unpaired) electrons. The van der Waals surface area contributed by atoms with Crippen LogP contribution in [0.3, 0.4) is 0 Å². The van der Waals surface area contributed by atoms with Crippen molar-refractivity contribution in [1.29, 1.82) is 0 Å². The first-order chi connectivity index (χ1) is 8.59. The summed E-state index contributed by atoms with van der Waals surface area (Å²) in [6.07, 6.45) is 10.1. The summed E-state index contributed by atoms with van der Waals surface area (Å²) in [5, 5.41) is 17.1. The van der Waals surface area contributed by atoms with Crippen molar-refractivity contribution in [2.24, 2.45) is 0 Å². The molecule has 0 aliphatic carbocycles. The fourth-order valence-corrected chi connectivity index (χ4v) is 2.22. The normalized spacial score (nSPS) is 14.4. The van der Waals surface area contributed by atoms with E-state index in [4.69, 9.17) is 16.7 Å². The van der Waals surface area contributed by atoms with Gasteiger partial charge in [0.25, 0.3) is 0 Å². The molecule has 0 bridgehead atoms. The highest BCUT2D eigenvalue weighted by molar-refractivity contribution is 6.22. The molecule has 0 aromatic carbocycles. The Hall–Kier alpha value is -0.280. The van der Waals surface area contributed by atoms with Gasteiger partial charge in [0.05, 0.1) is 5.38 Å². The molecule has 18 heavy (non-hydrogen) atoms. The molecule has 0 aromatic rings. The van der Waals surface area contributed by atoms with Gasteiger partial charge in [-0.3, -0.25) is 0 Å². The zero-order valence-corrected chi connectivity index (χ0v) is 12.2. The Morgan fingerprint density at radius 2 is 1.44 bits per heavy atom. The number of unbranched alkanes of at least 4 members (excludes halogenated alkanes) is 8. The van der Waals surface area contributed by atoms with Crippen molar-refractivity contribution in [3.8, 4) is 0 Å². The summed E-state index contributed by atoms with van der Waals surface area (Å²) >= 11 is 5.79. The lowest BCUT2D eigenvalue weighted by Crippen LogP contribution is -2.29. The third kappa shape index (κ3) is 9.72. The van der Waals surface area contributed by atoms with E-state index in [9.17, 15) is 9.90 Å². The standard InChI is InChI=1S/C14H27ClO3/c1-2-3-4-5-6-7-8-9-10-11-12(15)13(16)14(17)18/h12-13,16H,2-11H2,1H3,(H,17,18). The quantitative estimate of drug-likeness (QED) is 0.420.